The van der Waals surface area contributed by atoms with E-state index in [1.165, 1.54) is 32.8 Å². The van der Waals surface area contributed by atoms with Crippen LogP contribution in [0.3, 0.4) is 0 Å². The number of hydrogen-bond donors (Lipinski definition) is 3. The van der Waals surface area contributed by atoms with Gasteiger partial charge in [0.15, 0.2) is 0 Å². The molecule has 0 bridgehead atoms. The van der Waals surface area contributed by atoms with Crippen LogP contribution in [0.25, 0.3) is 5.57 Å². The third kappa shape index (κ3) is 15.3. The summed E-state index contributed by atoms with van der Waals surface area (Å²) in [7, 11) is 1.32. The monoisotopic (exact) mass is 719 g/mol. The number of esters is 1. The predicted molar refractivity (Wildman–Crippen MR) is 203 cm³/mol. The lowest BCUT2D eigenvalue weighted by Gasteiger charge is -2.41. The Balaban J connectivity index is -0.000000442. The molecule has 1 heterocycles. The van der Waals surface area contributed by atoms with Crippen LogP contribution in [0, 0.1) is 29.0 Å². The van der Waals surface area contributed by atoms with E-state index in [0.717, 1.165) is 12.3 Å². The second-order valence-corrected chi connectivity index (χ2v) is 10.7. The van der Waals surface area contributed by atoms with Gasteiger partial charge in [0, 0.05) is 28.7 Å². The van der Waals surface area contributed by atoms with Crippen LogP contribution >= 0.6 is 28.6 Å². The van der Waals surface area contributed by atoms with Crippen molar-refractivity contribution < 1.29 is 19.1 Å². The van der Waals surface area contributed by atoms with Crippen LogP contribution < -0.4 is 10.5 Å². The van der Waals surface area contributed by atoms with E-state index in [0.29, 0.717) is 64.7 Å². The maximum atomic E-state index is 15.3. The van der Waals surface area contributed by atoms with Gasteiger partial charge < -0.3 is 10.1 Å². The lowest BCUT2D eigenvalue weighted by molar-refractivity contribution is -0.417. The highest BCUT2D eigenvalue weighted by atomic mass is 79.9. The van der Waals surface area contributed by atoms with Gasteiger partial charge in [-0.3, -0.25) is 4.79 Å². The number of aryl methyl sites for hydroxylation is 1. The summed E-state index contributed by atoms with van der Waals surface area (Å²) in [5, 5.41) is 5.13. The van der Waals surface area contributed by atoms with Gasteiger partial charge in [0.1, 0.15) is 11.2 Å². The Bertz CT molecular complexity index is 975. The molecule has 1 saturated heterocycles. The Hall–Kier alpha value is -1.51. The number of benzene rings is 1. The second kappa shape index (κ2) is 31.1. The van der Waals surface area contributed by atoms with Crippen molar-refractivity contribution in [3.8, 4) is 0 Å². The largest absolute Gasteiger partial charge is 0.468 e. The zero-order chi connectivity index (χ0) is 36.2. The zero-order valence-corrected chi connectivity index (χ0v) is 33.8. The third-order valence-corrected chi connectivity index (χ3v) is 8.25. The first-order chi connectivity index (χ1) is 21.6. The van der Waals surface area contributed by atoms with Crippen LogP contribution in [-0.4, -0.2) is 32.4 Å². The highest BCUT2D eigenvalue weighted by Crippen LogP contribution is 2.45. The highest BCUT2D eigenvalue weighted by Gasteiger charge is 2.53. The van der Waals surface area contributed by atoms with Crippen LogP contribution in [0.4, 0.5) is 4.39 Å². The zero-order valence-electron chi connectivity index (χ0n) is 31.4. The number of ether oxygens (including phenoxy) is 1. The van der Waals surface area contributed by atoms with Crippen molar-refractivity contribution in [1.29, 1.82) is 0 Å². The summed E-state index contributed by atoms with van der Waals surface area (Å²) < 4.78 is 20.8. The number of allylic oxidation sites excluding steroid dienone is 1. The molecule has 0 amide bonds. The van der Waals surface area contributed by atoms with Gasteiger partial charge >= 0.3 is 5.97 Å². The standard InChI is InChI=1S/C22H28BrFN2O3.C8H18.3C2H6.CH4S/c1-6-8-13(3)20(26-28)17(22(11-25-12-22)21(27)29-5)16-10-14(4)18(23)19(24)15(16)9-7-2;1-4-7-8(5-2)6-3;4*1-2/h10,25H,3,6-9,11-12H2,1-2,4-5H3;8H,4-7H2,1-3H3;3*1-2H3;2H,1H3/p+1/b20-17-;;;;;. The van der Waals surface area contributed by atoms with Crippen molar-refractivity contribution in [2.75, 3.05) is 26.5 Å². The summed E-state index contributed by atoms with van der Waals surface area (Å²) >= 11 is 6.85. The summed E-state index contributed by atoms with van der Waals surface area (Å²) in [4.78, 5) is 25.0. The van der Waals surface area contributed by atoms with Gasteiger partial charge in [-0.1, -0.05) is 121 Å². The third-order valence-electron chi connectivity index (χ3n) is 7.28. The molecule has 5 nitrogen and oxygen atoms in total. The van der Waals surface area contributed by atoms with E-state index < -0.39 is 11.4 Å². The minimum Gasteiger partial charge on any atom is -0.468 e. The first-order valence-electron chi connectivity index (χ1n) is 17.2. The number of halogens is 2. The molecule has 1 aromatic rings. The lowest BCUT2D eigenvalue weighted by atomic mass is 9.69. The van der Waals surface area contributed by atoms with Gasteiger partial charge in [0.25, 0.3) is 5.70 Å². The number of methoxy groups -OCH3 is 1. The molecule has 0 radical (unpaired) electrons. The maximum Gasteiger partial charge on any atom is 0.319 e. The molecule has 2 rings (SSSR count). The number of nitroso groups, excluding NO2 is 1. The second-order valence-electron chi connectivity index (χ2n) is 9.95. The summed E-state index contributed by atoms with van der Waals surface area (Å²) in [6.07, 6.45) is 9.76. The molecule has 8 heteroatoms. The van der Waals surface area contributed by atoms with E-state index in [9.17, 15) is 9.70 Å². The minimum atomic E-state index is -1.08. The topological polar surface area (TPSA) is 69.4 Å². The molecule has 1 aliphatic rings. The number of carbonyl (C=O) groups is 1. The molecule has 0 aliphatic carbocycles. The fourth-order valence-electron chi connectivity index (χ4n) is 4.97. The molecule has 1 aromatic carbocycles. The Morgan fingerprint density at radius 3 is 1.87 bits per heavy atom. The van der Waals surface area contributed by atoms with E-state index in [1.807, 2.05) is 66.6 Å². The minimum absolute atomic E-state index is 0.247. The smallest absolute Gasteiger partial charge is 0.319 e. The fraction of sp³-hybridized carbons (Fsp3) is 0.703. The van der Waals surface area contributed by atoms with Crippen molar-refractivity contribution in [1.82, 2.24) is 5.32 Å². The summed E-state index contributed by atoms with van der Waals surface area (Å²) in [6.45, 7) is 29.2. The van der Waals surface area contributed by atoms with E-state index in [2.05, 4.69) is 61.2 Å². The van der Waals surface area contributed by atoms with Crippen molar-refractivity contribution in [2.24, 2.45) is 11.3 Å². The number of thiol groups is 1. The van der Waals surface area contributed by atoms with Crippen LogP contribution in [0.1, 0.15) is 138 Å². The molecule has 264 valence electrons. The van der Waals surface area contributed by atoms with Crippen LogP contribution in [0.2, 0.25) is 0 Å². The first kappa shape index (κ1) is 50.3. The number of carbonyl (C=O) groups excluding carboxylic acids is 1. The molecule has 0 unspecified atom stereocenters. The molecule has 0 spiro atoms. The summed E-state index contributed by atoms with van der Waals surface area (Å²) in [5.41, 5.74) is 1.96. The number of hydrogen-bond acceptors (Lipinski definition) is 5. The van der Waals surface area contributed by atoms with Gasteiger partial charge in [-0.15, -0.1) is 0 Å². The van der Waals surface area contributed by atoms with Gasteiger partial charge in [0.05, 0.1) is 17.2 Å². The van der Waals surface area contributed by atoms with Gasteiger partial charge in [0.2, 0.25) is 0 Å². The van der Waals surface area contributed by atoms with Crippen molar-refractivity contribution in [3.05, 3.63) is 55.8 Å². The average Bonchev–Trinajstić information content (AvgIpc) is 3.07. The van der Waals surface area contributed by atoms with Crippen LogP contribution in [-0.2, 0) is 16.0 Å². The Morgan fingerprint density at radius 2 is 1.56 bits per heavy atom. The predicted octanol–water partition coefficient (Wildman–Crippen LogP) is 10.4. The lowest BCUT2D eigenvalue weighted by Crippen LogP contribution is -2.66. The molecule has 0 atom stereocenters. The van der Waals surface area contributed by atoms with Crippen LogP contribution in [0.15, 0.2) is 28.4 Å². The van der Waals surface area contributed by atoms with E-state index >= 15 is 4.39 Å². The van der Waals surface area contributed by atoms with E-state index in [4.69, 9.17) is 4.74 Å². The molecule has 0 aromatic heterocycles. The Morgan fingerprint density at radius 1 is 1.04 bits per heavy atom. The van der Waals surface area contributed by atoms with Gasteiger partial charge in [-0.05, 0) is 70.6 Å². The molecular formula is C37H69BrFN2O3S+. The number of rotatable bonds is 13. The Labute approximate surface area is 291 Å². The van der Waals surface area contributed by atoms with E-state index in [-0.39, 0.29) is 11.5 Å². The van der Waals surface area contributed by atoms with Gasteiger partial charge in [-0.2, -0.15) is 12.6 Å². The molecule has 2 N–H and O–H groups in total. The quantitative estimate of drug-likeness (QED) is 0.108. The average molecular weight is 721 g/mol. The maximum absolute atomic E-state index is 15.3. The first-order valence-corrected chi connectivity index (χ1v) is 18.8. The van der Waals surface area contributed by atoms with Crippen molar-refractivity contribution in [3.63, 3.8) is 0 Å². The normalized spacial score (nSPS) is 12.7. The molecule has 1 aliphatic heterocycles. The van der Waals surface area contributed by atoms with Crippen molar-refractivity contribution >= 4 is 40.1 Å². The SMILES string of the molecule is C=C(CCC)/C([NH+]=O)=C(\c1cc(C)c(Br)c(F)c1CCC)C1(C(=O)OC)CNC1.CC.CC.CC.CCCC(CC)CC.CS. The summed E-state index contributed by atoms with van der Waals surface area (Å²) in [6, 6.07) is 1.84. The number of nitrogens with one attached hydrogen (secondary N) is 2. The molecule has 1 fully saturated rings. The highest BCUT2D eigenvalue weighted by molar-refractivity contribution is 9.10. The molecular weight excluding hydrogens is 651 g/mol. The van der Waals surface area contributed by atoms with Crippen LogP contribution in [0.5, 0.6) is 0 Å². The Kier molecular flexibility index (Phi) is 34.8. The molecule has 45 heavy (non-hydrogen) atoms. The van der Waals surface area contributed by atoms with Gasteiger partial charge in [-0.25, -0.2) is 4.39 Å². The fourth-order valence-corrected chi connectivity index (χ4v) is 5.32. The van der Waals surface area contributed by atoms with Crippen molar-refractivity contribution in [2.45, 2.75) is 134 Å². The summed E-state index contributed by atoms with van der Waals surface area (Å²) in [5.74, 6) is 0.185. The van der Waals surface area contributed by atoms with E-state index in [1.54, 1.807) is 13.2 Å². The molecule has 0 saturated carbocycles.